The average Bonchev–Trinajstić information content (AvgIpc) is 2.96. The van der Waals surface area contributed by atoms with Crippen LogP contribution in [0.5, 0.6) is 0 Å². The molecule has 0 amide bonds. The molecule has 3 rings (SSSR count). The van der Waals surface area contributed by atoms with Crippen molar-refractivity contribution in [2.45, 2.75) is 38.1 Å². The molecule has 0 saturated heterocycles. The van der Waals surface area contributed by atoms with Gasteiger partial charge in [0.15, 0.2) is 0 Å². The molecular weight excluding hydrogens is 170 g/mol. The lowest BCUT2D eigenvalue weighted by Crippen LogP contribution is -2.29. The molecule has 0 radical (unpaired) electrons. The highest BCUT2D eigenvalue weighted by Gasteiger charge is 2.46. The van der Waals surface area contributed by atoms with E-state index in [2.05, 4.69) is 30.4 Å². The summed E-state index contributed by atoms with van der Waals surface area (Å²) in [5.41, 5.74) is 5.08. The van der Waals surface area contributed by atoms with Crippen molar-refractivity contribution in [1.29, 1.82) is 0 Å². The van der Waals surface area contributed by atoms with Crippen LogP contribution in [-0.4, -0.2) is 6.54 Å². The number of rotatable bonds is 0. The van der Waals surface area contributed by atoms with Gasteiger partial charge in [-0.2, -0.15) is 0 Å². The van der Waals surface area contributed by atoms with Crippen LogP contribution in [0.2, 0.25) is 0 Å². The Hall–Kier alpha value is -0.820. The topological polar surface area (TPSA) is 12.0 Å². The maximum Gasteiger partial charge on any atom is 0.0441 e. The molecule has 14 heavy (non-hydrogen) atoms. The number of fused-ring (bicyclic) bond motifs is 2. The van der Waals surface area contributed by atoms with Crippen molar-refractivity contribution in [3.63, 3.8) is 0 Å². The molecule has 1 nitrogen and oxygen atoms in total. The second-order valence-electron chi connectivity index (χ2n) is 4.72. The quantitative estimate of drug-likeness (QED) is 0.658. The van der Waals surface area contributed by atoms with Crippen LogP contribution in [0.25, 0.3) is 0 Å². The van der Waals surface area contributed by atoms with Gasteiger partial charge in [0.05, 0.1) is 0 Å². The smallest absolute Gasteiger partial charge is 0.0441 e. The minimum atomic E-state index is 0.386. The van der Waals surface area contributed by atoms with E-state index in [0.717, 1.165) is 0 Å². The highest BCUT2D eigenvalue weighted by molar-refractivity contribution is 5.44. The molecule has 0 atom stereocenters. The van der Waals surface area contributed by atoms with Crippen LogP contribution in [-0.2, 0) is 12.0 Å². The number of nitrogens with one attached hydrogen (secondary N) is 1. The molecule has 2 aliphatic rings. The van der Waals surface area contributed by atoms with Crippen molar-refractivity contribution in [2.75, 3.05) is 6.54 Å². The number of hydrogen-bond acceptors (Lipinski definition) is 1. The molecule has 1 heteroatoms. The van der Waals surface area contributed by atoms with Crippen LogP contribution in [0.3, 0.4) is 0 Å². The maximum absolute atomic E-state index is 3.73. The predicted molar refractivity (Wildman–Crippen MR) is 58.4 cm³/mol. The first-order valence-electron chi connectivity index (χ1n) is 5.66. The van der Waals surface area contributed by atoms with Crippen molar-refractivity contribution in [3.8, 4) is 0 Å². The summed E-state index contributed by atoms with van der Waals surface area (Å²) in [6.07, 6.45) is 5.22. The van der Waals surface area contributed by atoms with E-state index in [9.17, 15) is 0 Å². The lowest BCUT2D eigenvalue weighted by Gasteiger charge is -2.19. The lowest BCUT2D eigenvalue weighted by molar-refractivity contribution is 0.527. The Bertz CT molecular complexity index is 363. The van der Waals surface area contributed by atoms with Crippen molar-refractivity contribution < 1.29 is 0 Å². The Kier molecular flexibility index (Phi) is 1.72. The molecule has 1 aromatic rings. The third-order valence-electron chi connectivity index (χ3n) is 3.67. The minimum Gasteiger partial charge on any atom is -0.307 e. The molecule has 1 aromatic carbocycles. The van der Waals surface area contributed by atoms with Crippen molar-refractivity contribution in [1.82, 2.24) is 5.32 Å². The fourth-order valence-electron chi connectivity index (χ4n) is 2.87. The normalized spacial score (nSPS) is 22.9. The summed E-state index contributed by atoms with van der Waals surface area (Å²) >= 11 is 0. The van der Waals surface area contributed by atoms with E-state index in [1.807, 2.05) is 0 Å². The third-order valence-corrected chi connectivity index (χ3v) is 3.67. The van der Waals surface area contributed by atoms with Gasteiger partial charge in [-0.1, -0.05) is 18.2 Å². The second-order valence-corrected chi connectivity index (χ2v) is 4.72. The van der Waals surface area contributed by atoms with E-state index in [1.54, 1.807) is 11.1 Å². The van der Waals surface area contributed by atoms with Gasteiger partial charge in [0, 0.05) is 5.54 Å². The average molecular weight is 187 g/mol. The van der Waals surface area contributed by atoms with Crippen molar-refractivity contribution in [3.05, 3.63) is 34.9 Å². The fourth-order valence-corrected chi connectivity index (χ4v) is 2.87. The molecule has 0 unspecified atom stereocenters. The molecule has 1 aliphatic carbocycles. The zero-order chi connectivity index (χ0) is 9.60. The van der Waals surface area contributed by atoms with Gasteiger partial charge < -0.3 is 5.32 Å². The summed E-state index contributed by atoms with van der Waals surface area (Å²) in [7, 11) is 0. The zero-order valence-corrected chi connectivity index (χ0v) is 8.77. The third kappa shape index (κ3) is 1.12. The summed E-state index contributed by atoms with van der Waals surface area (Å²) in [6, 6.07) is 6.77. The fraction of sp³-hybridized carbons (Fsp3) is 0.538. The van der Waals surface area contributed by atoms with Gasteiger partial charge in [-0.25, -0.2) is 0 Å². The van der Waals surface area contributed by atoms with Gasteiger partial charge in [0.1, 0.15) is 0 Å². The van der Waals surface area contributed by atoms with E-state index in [1.165, 1.54) is 37.8 Å². The molecule has 74 valence electrons. The Morgan fingerprint density at radius 1 is 1.29 bits per heavy atom. The zero-order valence-electron chi connectivity index (χ0n) is 8.77. The standard InChI is InChI=1S/C13H17N/c1-10-4-2-5-11-6-3-9-14-13(7-8-13)12(10)11/h2,4-5,14H,3,6-9H2,1H3. The van der Waals surface area contributed by atoms with Crippen LogP contribution in [0, 0.1) is 6.92 Å². The van der Waals surface area contributed by atoms with Gasteiger partial charge in [-0.3, -0.25) is 0 Å². The molecule has 1 aliphatic heterocycles. The molecule has 1 N–H and O–H groups in total. The van der Waals surface area contributed by atoms with E-state index in [-0.39, 0.29) is 0 Å². The Morgan fingerprint density at radius 3 is 2.93 bits per heavy atom. The Morgan fingerprint density at radius 2 is 2.14 bits per heavy atom. The summed E-state index contributed by atoms with van der Waals surface area (Å²) in [6.45, 7) is 3.44. The van der Waals surface area contributed by atoms with Crippen molar-refractivity contribution >= 4 is 0 Å². The van der Waals surface area contributed by atoms with Gasteiger partial charge >= 0.3 is 0 Å². The second kappa shape index (κ2) is 2.83. The molecular formula is C13H17N. The molecule has 1 fully saturated rings. The first-order chi connectivity index (χ1) is 6.82. The molecule has 0 aromatic heterocycles. The molecule has 1 heterocycles. The van der Waals surface area contributed by atoms with Gasteiger partial charge in [0.2, 0.25) is 0 Å². The molecule has 0 bridgehead atoms. The first-order valence-corrected chi connectivity index (χ1v) is 5.66. The van der Waals surface area contributed by atoms with Crippen molar-refractivity contribution in [2.24, 2.45) is 0 Å². The van der Waals surface area contributed by atoms with Gasteiger partial charge in [-0.05, 0) is 55.8 Å². The van der Waals surface area contributed by atoms with Crippen LogP contribution >= 0.6 is 0 Å². The largest absolute Gasteiger partial charge is 0.307 e. The van der Waals surface area contributed by atoms with Gasteiger partial charge in [0.25, 0.3) is 0 Å². The van der Waals surface area contributed by atoms with E-state index < -0.39 is 0 Å². The number of aryl methyl sites for hydroxylation is 2. The highest BCUT2D eigenvalue weighted by atomic mass is 15.0. The molecule has 1 saturated carbocycles. The van der Waals surface area contributed by atoms with Crippen LogP contribution in [0.15, 0.2) is 18.2 Å². The Balaban J connectivity index is 2.17. The van der Waals surface area contributed by atoms with Crippen LogP contribution < -0.4 is 5.32 Å². The summed E-state index contributed by atoms with van der Waals surface area (Å²) in [4.78, 5) is 0. The van der Waals surface area contributed by atoms with E-state index in [4.69, 9.17) is 0 Å². The summed E-state index contributed by atoms with van der Waals surface area (Å²) in [5, 5.41) is 3.73. The SMILES string of the molecule is Cc1cccc2c1C1(CC1)NCCC2. The highest BCUT2D eigenvalue weighted by Crippen LogP contribution is 2.49. The predicted octanol–water partition coefficient (Wildman–Crippen LogP) is 2.52. The first kappa shape index (κ1) is 8.49. The molecule has 1 spiro atoms. The monoisotopic (exact) mass is 187 g/mol. The minimum absolute atomic E-state index is 0.386. The number of benzene rings is 1. The van der Waals surface area contributed by atoms with Crippen LogP contribution in [0.4, 0.5) is 0 Å². The number of hydrogen-bond donors (Lipinski definition) is 1. The van der Waals surface area contributed by atoms with E-state index >= 15 is 0 Å². The lowest BCUT2D eigenvalue weighted by atomic mass is 9.93. The van der Waals surface area contributed by atoms with Crippen LogP contribution in [0.1, 0.15) is 36.0 Å². The van der Waals surface area contributed by atoms with Gasteiger partial charge in [-0.15, -0.1) is 0 Å². The maximum atomic E-state index is 3.73. The van der Waals surface area contributed by atoms with E-state index in [0.29, 0.717) is 5.54 Å². The summed E-state index contributed by atoms with van der Waals surface area (Å²) < 4.78 is 0. The summed E-state index contributed by atoms with van der Waals surface area (Å²) in [5.74, 6) is 0. The Labute approximate surface area is 85.5 Å².